The molecule has 0 saturated carbocycles. The Morgan fingerprint density at radius 3 is 2.83 bits per heavy atom. The molecule has 0 fully saturated rings. The first kappa shape index (κ1) is 17.2. The molecule has 1 heterocycles. The van der Waals surface area contributed by atoms with E-state index in [0.29, 0.717) is 31.1 Å². The summed E-state index contributed by atoms with van der Waals surface area (Å²) in [6, 6.07) is 9.05. The summed E-state index contributed by atoms with van der Waals surface area (Å²) in [6.45, 7) is 3.58. The lowest BCUT2D eigenvalue weighted by atomic mass is 10.2. The van der Waals surface area contributed by atoms with Crippen molar-refractivity contribution < 1.29 is 13.9 Å². The van der Waals surface area contributed by atoms with Crippen molar-refractivity contribution in [3.05, 3.63) is 52.9 Å². The lowest BCUT2D eigenvalue weighted by Crippen LogP contribution is -2.37. The number of aryl methyl sites for hydroxylation is 1. The van der Waals surface area contributed by atoms with E-state index in [1.807, 2.05) is 31.2 Å². The number of rotatable bonds is 8. The van der Waals surface area contributed by atoms with Gasteiger partial charge in [-0.3, -0.25) is 0 Å². The highest BCUT2D eigenvalue weighted by Gasteiger charge is 2.02. The minimum atomic E-state index is -0.181. The average Bonchev–Trinajstić information content (AvgIpc) is 3.02. The zero-order valence-corrected chi connectivity index (χ0v) is 13.9. The Hall–Kier alpha value is -2.14. The second kappa shape index (κ2) is 9.10. The lowest BCUT2D eigenvalue weighted by molar-refractivity contribution is 0.239. The smallest absolute Gasteiger partial charge is 0.314 e. The van der Waals surface area contributed by atoms with Crippen molar-refractivity contribution in [1.82, 2.24) is 10.6 Å². The minimum Gasteiger partial charge on any atom is -0.493 e. The Morgan fingerprint density at radius 1 is 1.26 bits per heavy atom. The van der Waals surface area contributed by atoms with Crippen LogP contribution >= 0.6 is 11.6 Å². The first-order chi connectivity index (χ1) is 11.1. The van der Waals surface area contributed by atoms with Crippen LogP contribution in [0.15, 0.2) is 41.0 Å². The summed E-state index contributed by atoms with van der Waals surface area (Å²) in [5.74, 6) is 1.68. The third-order valence-corrected chi connectivity index (χ3v) is 3.47. The summed E-state index contributed by atoms with van der Waals surface area (Å²) in [5, 5.41) is 6.27. The Bertz CT molecular complexity index is 614. The number of carbonyl (C=O) groups is 1. The predicted molar refractivity (Wildman–Crippen MR) is 90.1 cm³/mol. The molecule has 2 rings (SSSR count). The SMILES string of the molecule is Cc1cc(Cl)ccc1OCCCNC(=O)NCCc1ccco1. The van der Waals surface area contributed by atoms with Crippen LogP contribution in [0.5, 0.6) is 5.75 Å². The van der Waals surface area contributed by atoms with E-state index in [1.54, 1.807) is 12.3 Å². The van der Waals surface area contributed by atoms with Crippen molar-refractivity contribution >= 4 is 17.6 Å². The summed E-state index contributed by atoms with van der Waals surface area (Å²) >= 11 is 5.89. The van der Waals surface area contributed by atoms with Gasteiger partial charge in [-0.1, -0.05) is 11.6 Å². The molecule has 0 aliphatic rings. The van der Waals surface area contributed by atoms with Gasteiger partial charge in [-0.2, -0.15) is 0 Å². The van der Waals surface area contributed by atoms with Crippen LogP contribution < -0.4 is 15.4 Å². The zero-order chi connectivity index (χ0) is 16.5. The van der Waals surface area contributed by atoms with E-state index < -0.39 is 0 Å². The fraction of sp³-hybridized carbons (Fsp3) is 0.353. The Labute approximate surface area is 141 Å². The third kappa shape index (κ3) is 6.24. The van der Waals surface area contributed by atoms with E-state index in [9.17, 15) is 4.79 Å². The fourth-order valence-electron chi connectivity index (χ4n) is 2.05. The van der Waals surface area contributed by atoms with Crippen LogP contribution in [0.1, 0.15) is 17.7 Å². The van der Waals surface area contributed by atoms with Gasteiger partial charge in [-0.15, -0.1) is 0 Å². The molecule has 23 heavy (non-hydrogen) atoms. The van der Waals surface area contributed by atoms with Crippen LogP contribution in [0.4, 0.5) is 4.79 Å². The molecule has 0 spiro atoms. The van der Waals surface area contributed by atoms with E-state index in [2.05, 4.69) is 10.6 Å². The number of furan rings is 1. The van der Waals surface area contributed by atoms with Gasteiger partial charge < -0.3 is 19.8 Å². The molecule has 124 valence electrons. The summed E-state index contributed by atoms with van der Waals surface area (Å²) in [5.41, 5.74) is 1.00. The molecule has 1 aromatic carbocycles. The molecular formula is C17H21ClN2O3. The maximum absolute atomic E-state index is 11.6. The monoisotopic (exact) mass is 336 g/mol. The van der Waals surface area contributed by atoms with Crippen molar-refractivity contribution in [2.45, 2.75) is 19.8 Å². The van der Waals surface area contributed by atoms with E-state index in [0.717, 1.165) is 23.5 Å². The summed E-state index contributed by atoms with van der Waals surface area (Å²) in [7, 11) is 0. The van der Waals surface area contributed by atoms with Crippen LogP contribution in [0.2, 0.25) is 5.02 Å². The molecule has 6 heteroatoms. The molecule has 2 amide bonds. The number of ether oxygens (including phenoxy) is 1. The van der Waals surface area contributed by atoms with Crippen LogP contribution in [0.25, 0.3) is 0 Å². The number of carbonyl (C=O) groups excluding carboxylic acids is 1. The molecule has 0 aliphatic heterocycles. The van der Waals surface area contributed by atoms with Crippen molar-refractivity contribution in [1.29, 1.82) is 0 Å². The fourth-order valence-corrected chi connectivity index (χ4v) is 2.27. The lowest BCUT2D eigenvalue weighted by Gasteiger charge is -2.10. The van der Waals surface area contributed by atoms with Gasteiger partial charge in [-0.25, -0.2) is 4.79 Å². The summed E-state index contributed by atoms with van der Waals surface area (Å²) < 4.78 is 10.9. The average molecular weight is 337 g/mol. The molecule has 5 nitrogen and oxygen atoms in total. The van der Waals surface area contributed by atoms with Crippen molar-refractivity contribution in [3.8, 4) is 5.75 Å². The number of halogens is 1. The Morgan fingerprint density at radius 2 is 2.09 bits per heavy atom. The van der Waals surface area contributed by atoms with E-state index in [4.69, 9.17) is 20.8 Å². The van der Waals surface area contributed by atoms with Crippen LogP contribution in [-0.2, 0) is 6.42 Å². The van der Waals surface area contributed by atoms with E-state index in [1.165, 1.54) is 0 Å². The van der Waals surface area contributed by atoms with Crippen molar-refractivity contribution in [2.75, 3.05) is 19.7 Å². The molecule has 0 unspecified atom stereocenters. The molecule has 2 N–H and O–H groups in total. The maximum Gasteiger partial charge on any atom is 0.314 e. The molecule has 0 atom stereocenters. The third-order valence-electron chi connectivity index (χ3n) is 3.24. The highest BCUT2D eigenvalue weighted by Crippen LogP contribution is 2.21. The van der Waals surface area contributed by atoms with Gasteiger partial charge in [0.25, 0.3) is 0 Å². The first-order valence-corrected chi connectivity index (χ1v) is 7.96. The normalized spacial score (nSPS) is 10.3. The molecule has 0 aliphatic carbocycles. The number of urea groups is 1. The zero-order valence-electron chi connectivity index (χ0n) is 13.1. The molecule has 0 saturated heterocycles. The largest absolute Gasteiger partial charge is 0.493 e. The summed E-state index contributed by atoms with van der Waals surface area (Å²) in [4.78, 5) is 11.6. The van der Waals surface area contributed by atoms with Crippen molar-refractivity contribution in [3.63, 3.8) is 0 Å². The highest BCUT2D eigenvalue weighted by atomic mass is 35.5. The second-order valence-corrected chi connectivity index (χ2v) is 5.56. The van der Waals surface area contributed by atoms with Crippen LogP contribution in [-0.4, -0.2) is 25.7 Å². The number of nitrogens with one attached hydrogen (secondary N) is 2. The second-order valence-electron chi connectivity index (χ2n) is 5.12. The molecule has 2 aromatic rings. The first-order valence-electron chi connectivity index (χ1n) is 7.58. The van der Waals surface area contributed by atoms with E-state index >= 15 is 0 Å². The maximum atomic E-state index is 11.6. The van der Waals surface area contributed by atoms with Crippen LogP contribution in [0, 0.1) is 6.92 Å². The molecule has 0 bridgehead atoms. The van der Waals surface area contributed by atoms with Gasteiger partial charge in [0.1, 0.15) is 11.5 Å². The van der Waals surface area contributed by atoms with Gasteiger partial charge in [0.2, 0.25) is 0 Å². The predicted octanol–water partition coefficient (Wildman–Crippen LogP) is 3.55. The van der Waals surface area contributed by atoms with Crippen LogP contribution in [0.3, 0.4) is 0 Å². The van der Waals surface area contributed by atoms with Gasteiger partial charge in [0.15, 0.2) is 0 Å². The van der Waals surface area contributed by atoms with Gasteiger partial charge in [0, 0.05) is 24.5 Å². The minimum absolute atomic E-state index is 0.181. The highest BCUT2D eigenvalue weighted by molar-refractivity contribution is 6.30. The number of hydrogen-bond donors (Lipinski definition) is 2. The molecule has 0 radical (unpaired) electrons. The quantitative estimate of drug-likeness (QED) is 0.724. The van der Waals surface area contributed by atoms with E-state index in [-0.39, 0.29) is 6.03 Å². The van der Waals surface area contributed by atoms with Gasteiger partial charge >= 0.3 is 6.03 Å². The topological polar surface area (TPSA) is 63.5 Å². The summed E-state index contributed by atoms with van der Waals surface area (Å²) in [6.07, 6.45) is 3.03. The number of hydrogen-bond acceptors (Lipinski definition) is 3. The van der Waals surface area contributed by atoms with Crippen molar-refractivity contribution in [2.24, 2.45) is 0 Å². The Kier molecular flexibility index (Phi) is 6.81. The van der Waals surface area contributed by atoms with Gasteiger partial charge in [-0.05, 0) is 49.2 Å². The molecular weight excluding hydrogens is 316 g/mol. The molecule has 1 aromatic heterocycles. The van der Waals surface area contributed by atoms with Gasteiger partial charge in [0.05, 0.1) is 12.9 Å². The number of benzene rings is 1. The number of amides is 2. The standard InChI is InChI=1S/C17H21ClN2O3/c1-13-12-14(18)5-6-16(13)23-11-3-8-19-17(21)20-9-7-15-4-2-10-22-15/h2,4-6,10,12H,3,7-9,11H2,1H3,(H2,19,20,21). The Balaban J connectivity index is 1.53.